The maximum absolute atomic E-state index is 12.8. The predicted molar refractivity (Wildman–Crippen MR) is 130 cm³/mol. The first-order valence-electron chi connectivity index (χ1n) is 10.3. The Bertz CT molecular complexity index is 1300. The number of amides is 1. The zero-order valence-electron chi connectivity index (χ0n) is 19.0. The van der Waals surface area contributed by atoms with E-state index in [2.05, 4.69) is 33.3 Å². The van der Waals surface area contributed by atoms with Gasteiger partial charge in [-0.2, -0.15) is 5.10 Å². The summed E-state index contributed by atoms with van der Waals surface area (Å²) >= 11 is 0. The average Bonchev–Trinajstić information content (AvgIpc) is 3.15. The Hall–Kier alpha value is -4.26. The SMILES string of the molecule is COc1cc(C(=O)N/N=C/c2c(-c3ccccc3)n(C)c3ccccc23)cc(OC)c1OC. The molecule has 0 unspecified atom stereocenters. The van der Waals surface area contributed by atoms with Gasteiger partial charge in [-0.05, 0) is 23.8 Å². The number of carbonyl (C=O) groups is 1. The molecule has 7 nitrogen and oxygen atoms in total. The second kappa shape index (κ2) is 9.48. The molecule has 0 bridgehead atoms. The van der Waals surface area contributed by atoms with Gasteiger partial charge in [0, 0.05) is 29.1 Å². The van der Waals surface area contributed by atoms with E-state index in [1.807, 2.05) is 43.4 Å². The minimum atomic E-state index is -0.396. The molecule has 3 aromatic carbocycles. The molecule has 0 aliphatic carbocycles. The molecule has 0 aliphatic heterocycles. The smallest absolute Gasteiger partial charge is 0.271 e. The molecule has 7 heteroatoms. The lowest BCUT2D eigenvalue weighted by atomic mass is 10.1. The summed E-state index contributed by atoms with van der Waals surface area (Å²) in [4.78, 5) is 12.8. The molecule has 0 saturated carbocycles. The van der Waals surface area contributed by atoms with Crippen molar-refractivity contribution < 1.29 is 19.0 Å². The number of nitrogens with one attached hydrogen (secondary N) is 1. The Morgan fingerprint density at radius 1 is 0.909 bits per heavy atom. The summed E-state index contributed by atoms with van der Waals surface area (Å²) in [6.07, 6.45) is 1.68. The van der Waals surface area contributed by atoms with E-state index in [0.717, 1.165) is 27.7 Å². The van der Waals surface area contributed by atoms with E-state index in [1.54, 1.807) is 18.3 Å². The van der Waals surface area contributed by atoms with Gasteiger partial charge in [0.15, 0.2) is 11.5 Å². The standard InChI is InChI=1S/C26H25N3O4/c1-29-21-13-9-8-12-19(21)20(24(29)17-10-6-5-7-11-17)16-27-28-26(30)18-14-22(31-2)25(33-4)23(15-18)32-3/h5-16H,1-4H3,(H,28,30)/b27-16+. The number of methoxy groups -OCH3 is 3. The van der Waals surface area contributed by atoms with Crippen molar-refractivity contribution in [2.75, 3.05) is 21.3 Å². The lowest BCUT2D eigenvalue weighted by Gasteiger charge is -2.13. The van der Waals surface area contributed by atoms with Gasteiger partial charge >= 0.3 is 0 Å². The predicted octanol–water partition coefficient (Wildman–Crippen LogP) is 4.64. The van der Waals surface area contributed by atoms with Crippen LogP contribution in [0.25, 0.3) is 22.2 Å². The molecule has 1 N–H and O–H groups in total. The van der Waals surface area contributed by atoms with Crippen LogP contribution in [0.3, 0.4) is 0 Å². The summed E-state index contributed by atoms with van der Waals surface area (Å²) in [5, 5.41) is 5.32. The van der Waals surface area contributed by atoms with Crippen LogP contribution in [0.2, 0.25) is 0 Å². The molecular formula is C26H25N3O4. The van der Waals surface area contributed by atoms with Crippen molar-refractivity contribution >= 4 is 23.0 Å². The van der Waals surface area contributed by atoms with E-state index >= 15 is 0 Å². The number of hydrogen-bond donors (Lipinski definition) is 1. The number of hydrogen-bond acceptors (Lipinski definition) is 5. The highest BCUT2D eigenvalue weighted by atomic mass is 16.5. The summed E-state index contributed by atoms with van der Waals surface area (Å²) in [6.45, 7) is 0. The number of para-hydroxylation sites is 1. The zero-order valence-corrected chi connectivity index (χ0v) is 19.0. The highest BCUT2D eigenvalue weighted by molar-refractivity contribution is 6.07. The number of aromatic nitrogens is 1. The third-order valence-electron chi connectivity index (χ3n) is 5.48. The van der Waals surface area contributed by atoms with Crippen LogP contribution >= 0.6 is 0 Å². The van der Waals surface area contributed by atoms with Gasteiger partial charge < -0.3 is 18.8 Å². The number of fused-ring (bicyclic) bond motifs is 1. The Balaban J connectivity index is 1.68. The molecule has 1 aromatic heterocycles. The summed E-state index contributed by atoms with van der Waals surface area (Å²) in [6, 6.07) is 21.4. The number of benzene rings is 3. The van der Waals surface area contributed by atoms with Crippen LogP contribution < -0.4 is 19.6 Å². The van der Waals surface area contributed by atoms with Gasteiger partial charge in [-0.1, -0.05) is 48.5 Å². The molecule has 168 valence electrons. The first-order valence-corrected chi connectivity index (χ1v) is 10.3. The first kappa shape index (κ1) is 22.0. The van der Waals surface area contributed by atoms with Crippen LogP contribution in [0.1, 0.15) is 15.9 Å². The molecule has 0 saturated heterocycles. The van der Waals surface area contributed by atoms with Gasteiger partial charge in [0.2, 0.25) is 5.75 Å². The van der Waals surface area contributed by atoms with Crippen LogP contribution in [0.5, 0.6) is 17.2 Å². The van der Waals surface area contributed by atoms with Crippen LogP contribution in [0.15, 0.2) is 71.8 Å². The number of carbonyl (C=O) groups excluding carboxylic acids is 1. The van der Waals surface area contributed by atoms with E-state index in [4.69, 9.17) is 14.2 Å². The number of nitrogens with zero attached hydrogens (tertiary/aromatic N) is 2. The quantitative estimate of drug-likeness (QED) is 0.334. The number of hydrazone groups is 1. The number of ether oxygens (including phenoxy) is 3. The third kappa shape index (κ3) is 4.13. The average molecular weight is 444 g/mol. The van der Waals surface area contributed by atoms with Crippen molar-refractivity contribution in [3.63, 3.8) is 0 Å². The molecule has 0 aliphatic rings. The molecule has 0 fully saturated rings. The highest BCUT2D eigenvalue weighted by Gasteiger charge is 2.18. The minimum Gasteiger partial charge on any atom is -0.493 e. The maximum atomic E-state index is 12.8. The minimum absolute atomic E-state index is 0.336. The Labute approximate surface area is 192 Å². The fourth-order valence-corrected chi connectivity index (χ4v) is 3.93. The molecule has 0 spiro atoms. The van der Waals surface area contributed by atoms with Crippen LogP contribution in [0, 0.1) is 0 Å². The monoisotopic (exact) mass is 443 g/mol. The molecule has 0 atom stereocenters. The van der Waals surface area contributed by atoms with Crippen LogP contribution in [-0.4, -0.2) is 38.0 Å². The van der Waals surface area contributed by atoms with Crippen molar-refractivity contribution in [1.82, 2.24) is 9.99 Å². The van der Waals surface area contributed by atoms with Crippen molar-refractivity contribution in [3.8, 4) is 28.5 Å². The van der Waals surface area contributed by atoms with E-state index in [0.29, 0.717) is 22.8 Å². The van der Waals surface area contributed by atoms with Gasteiger partial charge in [0.05, 0.1) is 33.2 Å². The first-order chi connectivity index (χ1) is 16.1. The van der Waals surface area contributed by atoms with E-state index in [-0.39, 0.29) is 0 Å². The second-order valence-electron chi connectivity index (χ2n) is 7.32. The molecule has 4 rings (SSSR count). The largest absolute Gasteiger partial charge is 0.493 e. The fraction of sp³-hybridized carbons (Fsp3) is 0.154. The summed E-state index contributed by atoms with van der Waals surface area (Å²) in [7, 11) is 6.54. The Kier molecular flexibility index (Phi) is 6.31. The molecular weight excluding hydrogens is 418 g/mol. The van der Waals surface area contributed by atoms with Crippen molar-refractivity contribution in [2.45, 2.75) is 0 Å². The normalized spacial score (nSPS) is 11.0. The van der Waals surface area contributed by atoms with Gasteiger partial charge in [-0.25, -0.2) is 5.43 Å². The molecule has 0 radical (unpaired) electrons. The fourth-order valence-electron chi connectivity index (χ4n) is 3.93. The third-order valence-corrected chi connectivity index (χ3v) is 5.48. The molecule has 1 heterocycles. The summed E-state index contributed by atoms with van der Waals surface area (Å²) < 4.78 is 18.1. The highest BCUT2D eigenvalue weighted by Crippen LogP contribution is 2.38. The molecule has 1 amide bonds. The van der Waals surface area contributed by atoms with Gasteiger partial charge in [-0.3, -0.25) is 4.79 Å². The summed E-state index contributed by atoms with van der Waals surface area (Å²) in [5.74, 6) is 0.813. The summed E-state index contributed by atoms with van der Waals surface area (Å²) in [5.41, 5.74) is 7.02. The Morgan fingerprint density at radius 2 is 1.55 bits per heavy atom. The number of rotatable bonds is 7. The molecule has 4 aromatic rings. The van der Waals surface area contributed by atoms with Crippen molar-refractivity contribution in [3.05, 3.63) is 77.9 Å². The second-order valence-corrected chi connectivity index (χ2v) is 7.32. The topological polar surface area (TPSA) is 74.1 Å². The van der Waals surface area contributed by atoms with Gasteiger partial charge in [0.1, 0.15) is 0 Å². The Morgan fingerprint density at radius 3 is 2.18 bits per heavy atom. The number of aryl methyl sites for hydroxylation is 1. The van der Waals surface area contributed by atoms with Crippen molar-refractivity contribution in [1.29, 1.82) is 0 Å². The van der Waals surface area contributed by atoms with E-state index < -0.39 is 5.91 Å². The van der Waals surface area contributed by atoms with Crippen molar-refractivity contribution in [2.24, 2.45) is 12.1 Å². The lowest BCUT2D eigenvalue weighted by molar-refractivity contribution is 0.0954. The zero-order chi connectivity index (χ0) is 23.4. The molecule has 33 heavy (non-hydrogen) atoms. The van der Waals surface area contributed by atoms with Gasteiger partial charge in [-0.15, -0.1) is 0 Å². The van der Waals surface area contributed by atoms with Gasteiger partial charge in [0.25, 0.3) is 5.91 Å². The van der Waals surface area contributed by atoms with Crippen LogP contribution in [0.4, 0.5) is 0 Å². The van der Waals surface area contributed by atoms with Crippen LogP contribution in [-0.2, 0) is 7.05 Å². The lowest BCUT2D eigenvalue weighted by Crippen LogP contribution is -2.18. The maximum Gasteiger partial charge on any atom is 0.271 e. The van der Waals surface area contributed by atoms with E-state index in [1.165, 1.54) is 21.3 Å². The van der Waals surface area contributed by atoms with E-state index in [9.17, 15) is 4.79 Å².